The van der Waals surface area contributed by atoms with Gasteiger partial charge in [-0.3, -0.25) is 4.79 Å². The predicted octanol–water partition coefficient (Wildman–Crippen LogP) is 6.78. The van der Waals surface area contributed by atoms with Crippen molar-refractivity contribution in [2.24, 2.45) is 0 Å². The van der Waals surface area contributed by atoms with Crippen LogP contribution in [0.25, 0.3) is 22.0 Å². The lowest BCUT2D eigenvalue weighted by Crippen LogP contribution is -2.35. The highest BCUT2D eigenvalue weighted by Crippen LogP contribution is 2.38. The topological polar surface area (TPSA) is 85.3 Å². The van der Waals surface area contributed by atoms with Crippen LogP contribution < -0.4 is 5.32 Å². The van der Waals surface area contributed by atoms with Gasteiger partial charge >= 0.3 is 0 Å². The summed E-state index contributed by atoms with van der Waals surface area (Å²) in [5.74, 6) is -1.39. The van der Waals surface area contributed by atoms with Crippen LogP contribution in [0, 0.1) is 11.6 Å². The molecular formula is C29H29ClF2N2O3. The average molecular weight is 527 g/mol. The Hall–Kier alpha value is -3.26. The summed E-state index contributed by atoms with van der Waals surface area (Å²) in [7, 11) is 0. The van der Waals surface area contributed by atoms with E-state index in [9.17, 15) is 13.9 Å². The second-order valence-corrected chi connectivity index (χ2v) is 9.64. The Morgan fingerprint density at radius 2 is 1.68 bits per heavy atom. The number of aromatic nitrogens is 1. The molecule has 194 valence electrons. The molecule has 0 spiro atoms. The number of halogens is 3. The van der Waals surface area contributed by atoms with Crippen molar-refractivity contribution < 1.29 is 23.8 Å². The summed E-state index contributed by atoms with van der Waals surface area (Å²) in [4.78, 5) is 12.5. The highest BCUT2D eigenvalue weighted by molar-refractivity contribution is 6.35. The van der Waals surface area contributed by atoms with Gasteiger partial charge in [0, 0.05) is 37.0 Å². The highest BCUT2D eigenvalue weighted by Gasteiger charge is 2.24. The number of rotatable bonds is 6. The molecule has 0 saturated heterocycles. The molecule has 2 unspecified atom stereocenters. The third kappa shape index (κ3) is 6.55. The van der Waals surface area contributed by atoms with E-state index in [1.165, 1.54) is 35.5 Å². The first-order valence-corrected chi connectivity index (χ1v) is 12.5. The maximum Gasteiger partial charge on any atom is 0.300 e. The van der Waals surface area contributed by atoms with Crippen molar-refractivity contribution in [3.05, 3.63) is 94.1 Å². The Morgan fingerprint density at radius 3 is 2.32 bits per heavy atom. The normalized spacial score (nSPS) is 15.5. The van der Waals surface area contributed by atoms with Crippen molar-refractivity contribution in [2.75, 3.05) is 0 Å². The van der Waals surface area contributed by atoms with Gasteiger partial charge < -0.3 is 20.5 Å². The molecule has 0 aliphatic carbocycles. The highest BCUT2D eigenvalue weighted by atomic mass is 35.5. The van der Waals surface area contributed by atoms with Gasteiger partial charge in [-0.2, -0.15) is 0 Å². The summed E-state index contributed by atoms with van der Waals surface area (Å²) in [6.07, 6.45) is 2.66. The zero-order valence-corrected chi connectivity index (χ0v) is 21.2. The maximum absolute atomic E-state index is 13.4. The number of H-pyrrole nitrogens is 1. The Bertz CT molecular complexity index is 1370. The van der Waals surface area contributed by atoms with E-state index in [1.807, 2.05) is 12.1 Å². The van der Waals surface area contributed by atoms with Gasteiger partial charge in [-0.25, -0.2) is 8.78 Å². The number of hydrogen-bond donors (Lipinski definition) is 4. The van der Waals surface area contributed by atoms with Crippen LogP contribution in [-0.4, -0.2) is 27.2 Å². The second kappa shape index (κ2) is 11.9. The number of aliphatic carboxylic acids is 1. The van der Waals surface area contributed by atoms with Crippen LogP contribution >= 0.6 is 11.6 Å². The van der Waals surface area contributed by atoms with Crippen molar-refractivity contribution in [2.45, 2.75) is 51.3 Å². The zero-order valence-electron chi connectivity index (χ0n) is 20.4. The van der Waals surface area contributed by atoms with E-state index in [2.05, 4.69) is 10.3 Å². The summed E-state index contributed by atoms with van der Waals surface area (Å²) < 4.78 is 26.5. The molecule has 0 fully saturated rings. The van der Waals surface area contributed by atoms with Crippen molar-refractivity contribution in [3.63, 3.8) is 0 Å². The van der Waals surface area contributed by atoms with E-state index in [4.69, 9.17) is 21.5 Å². The Balaban J connectivity index is 0.000000747. The van der Waals surface area contributed by atoms with Crippen molar-refractivity contribution in [1.82, 2.24) is 10.3 Å². The lowest BCUT2D eigenvalue weighted by atomic mass is 9.93. The molecule has 37 heavy (non-hydrogen) atoms. The molecule has 4 N–H and O–H groups in total. The number of aliphatic hydroxyl groups is 1. The van der Waals surface area contributed by atoms with E-state index in [0.717, 1.165) is 60.3 Å². The van der Waals surface area contributed by atoms with Crippen molar-refractivity contribution in [3.8, 4) is 11.1 Å². The summed E-state index contributed by atoms with van der Waals surface area (Å²) >= 11 is 6.52. The molecule has 8 heteroatoms. The molecule has 0 amide bonds. The molecule has 2 atom stereocenters. The molecule has 1 aliphatic rings. The zero-order chi connectivity index (χ0) is 26.5. The minimum Gasteiger partial charge on any atom is -0.481 e. The minimum atomic E-state index is -0.833. The van der Waals surface area contributed by atoms with Crippen LogP contribution in [0.5, 0.6) is 0 Å². The van der Waals surface area contributed by atoms with Gasteiger partial charge in [0.1, 0.15) is 11.6 Å². The monoisotopic (exact) mass is 526 g/mol. The Labute approximate surface area is 219 Å². The molecular weight excluding hydrogens is 498 g/mol. The third-order valence-corrected chi connectivity index (χ3v) is 6.87. The van der Waals surface area contributed by atoms with E-state index in [0.29, 0.717) is 17.5 Å². The first-order chi connectivity index (χ1) is 17.7. The number of hydrogen-bond acceptors (Lipinski definition) is 3. The molecule has 0 saturated carbocycles. The van der Waals surface area contributed by atoms with Crippen LogP contribution in [0.4, 0.5) is 8.78 Å². The van der Waals surface area contributed by atoms with Crippen molar-refractivity contribution >= 4 is 28.5 Å². The van der Waals surface area contributed by atoms with Crippen LogP contribution in [0.1, 0.15) is 49.1 Å². The van der Waals surface area contributed by atoms with E-state index >= 15 is 0 Å². The summed E-state index contributed by atoms with van der Waals surface area (Å²) in [6.45, 7) is 1.80. The number of aromatic amines is 1. The number of carbonyl (C=O) groups is 1. The van der Waals surface area contributed by atoms with Gasteiger partial charge in [0.25, 0.3) is 5.97 Å². The second-order valence-electron chi connectivity index (χ2n) is 9.23. The lowest BCUT2D eigenvalue weighted by molar-refractivity contribution is -0.134. The van der Waals surface area contributed by atoms with E-state index in [-0.39, 0.29) is 11.6 Å². The Kier molecular flexibility index (Phi) is 8.59. The average Bonchev–Trinajstić information content (AvgIpc) is 3.25. The molecule has 5 nitrogen and oxygen atoms in total. The summed E-state index contributed by atoms with van der Waals surface area (Å²) in [6, 6.07) is 16.7. The molecule has 3 aromatic carbocycles. The molecule has 1 aliphatic heterocycles. The van der Waals surface area contributed by atoms with Crippen molar-refractivity contribution in [1.29, 1.82) is 0 Å². The fourth-order valence-corrected chi connectivity index (χ4v) is 5.01. The Morgan fingerprint density at radius 1 is 1.05 bits per heavy atom. The number of fused-ring (bicyclic) bond motifs is 3. The van der Waals surface area contributed by atoms with Gasteiger partial charge in [-0.05, 0) is 71.8 Å². The smallest absolute Gasteiger partial charge is 0.300 e. The number of benzene rings is 3. The van der Waals surface area contributed by atoms with E-state index < -0.39 is 12.1 Å². The van der Waals surface area contributed by atoms with Gasteiger partial charge in [0.2, 0.25) is 0 Å². The van der Waals surface area contributed by atoms with E-state index in [1.54, 1.807) is 24.3 Å². The molecule has 1 aromatic heterocycles. The number of carboxylic acids is 1. The molecule has 2 heterocycles. The van der Waals surface area contributed by atoms with Gasteiger partial charge in [0.05, 0.1) is 16.6 Å². The minimum absolute atomic E-state index is 0.255. The van der Waals surface area contributed by atoms with Crippen LogP contribution in [0.3, 0.4) is 0 Å². The number of nitrogens with one attached hydrogen (secondary N) is 2. The molecule has 0 bridgehead atoms. The number of aliphatic hydroxyl groups excluding tert-OH is 1. The van der Waals surface area contributed by atoms with Crippen LogP contribution in [-0.2, 0) is 17.8 Å². The van der Waals surface area contributed by atoms with Crippen LogP contribution in [0.2, 0.25) is 5.02 Å². The summed E-state index contributed by atoms with van der Waals surface area (Å²) in [5.41, 5.74) is 6.02. The van der Waals surface area contributed by atoms with Gasteiger partial charge in [0.15, 0.2) is 0 Å². The standard InChI is InChI=1S/C27H25ClF2N2O.C2H4O2/c28-23-13-12-21(16-4-8-18(29)9-5-16)26-22-15-31-20(14-24(22)32-27(23)26)2-1-3-25(33)17-6-10-19(30)11-7-17;1-2(3)4/h4-13,20,25,31-33H,1-3,14-15H2;1H3,(H,3,4). The lowest BCUT2D eigenvalue weighted by Gasteiger charge is -2.25. The largest absolute Gasteiger partial charge is 0.481 e. The molecule has 5 rings (SSSR count). The first kappa shape index (κ1) is 26.8. The fourth-order valence-electron chi connectivity index (χ4n) is 4.81. The SMILES string of the molecule is CC(=O)O.OC(CCCC1Cc2[nH]c3c(Cl)ccc(-c4ccc(F)cc4)c3c2CN1)c1ccc(F)cc1. The quantitative estimate of drug-likeness (QED) is 0.223. The third-order valence-electron chi connectivity index (χ3n) is 6.55. The first-order valence-electron chi connectivity index (χ1n) is 12.2. The number of carboxylic acid groups (broad SMARTS) is 1. The predicted molar refractivity (Wildman–Crippen MR) is 142 cm³/mol. The fraction of sp³-hybridized carbons (Fsp3) is 0.276. The summed E-state index contributed by atoms with van der Waals surface area (Å²) in [5, 5.41) is 23.2. The molecule has 0 radical (unpaired) electrons. The van der Waals surface area contributed by atoms with Gasteiger partial charge in [-0.15, -0.1) is 0 Å². The van der Waals surface area contributed by atoms with Gasteiger partial charge in [-0.1, -0.05) is 41.9 Å². The maximum atomic E-state index is 13.4. The van der Waals surface area contributed by atoms with Crippen LogP contribution in [0.15, 0.2) is 60.7 Å². The molecule has 4 aromatic rings.